The predicted molar refractivity (Wildman–Crippen MR) is 117 cm³/mol. The Labute approximate surface area is 186 Å². The summed E-state index contributed by atoms with van der Waals surface area (Å²) in [4.78, 5) is 22.7. The molecule has 1 aromatic heterocycles. The number of carbonyl (C=O) groups excluding carboxylic acids is 1. The molecule has 0 spiro atoms. The van der Waals surface area contributed by atoms with Crippen molar-refractivity contribution >= 4 is 17.6 Å². The third kappa shape index (κ3) is 6.48. The van der Waals surface area contributed by atoms with E-state index in [4.69, 9.17) is 10.5 Å². The third-order valence-electron chi connectivity index (χ3n) is 4.35. The van der Waals surface area contributed by atoms with Gasteiger partial charge in [0.05, 0.1) is 24.3 Å². The molecule has 0 atom stereocenters. The van der Waals surface area contributed by atoms with Crippen LogP contribution in [0.25, 0.3) is 0 Å². The molecule has 1 amide bonds. The van der Waals surface area contributed by atoms with Gasteiger partial charge in [-0.2, -0.15) is 13.2 Å². The fraction of sp³-hybridized carbons (Fsp3) is 0.500. The van der Waals surface area contributed by atoms with Gasteiger partial charge in [0.2, 0.25) is 0 Å². The fourth-order valence-corrected chi connectivity index (χ4v) is 3.15. The molecule has 2 heterocycles. The first-order valence-electron chi connectivity index (χ1n) is 10.4. The molecule has 0 radical (unpaired) electrons. The molecule has 0 saturated heterocycles. The Morgan fingerprint density at radius 2 is 1.81 bits per heavy atom. The molecule has 2 aromatic rings. The second-order valence-electron chi connectivity index (χ2n) is 8.20. The van der Waals surface area contributed by atoms with Gasteiger partial charge in [0.15, 0.2) is 0 Å². The number of nitrogen functional groups attached to an aromatic ring is 1. The van der Waals surface area contributed by atoms with E-state index < -0.39 is 23.4 Å². The van der Waals surface area contributed by atoms with Crippen LogP contribution in [0.4, 0.5) is 29.5 Å². The van der Waals surface area contributed by atoms with Crippen LogP contribution in [-0.4, -0.2) is 26.6 Å². The maximum absolute atomic E-state index is 13.0. The molecular weight excluding hydrogens is 423 g/mol. The zero-order chi connectivity index (χ0) is 24.3. The minimum atomic E-state index is -4.48. The van der Waals surface area contributed by atoms with Crippen molar-refractivity contribution in [2.45, 2.75) is 73.0 Å². The average molecular weight is 454 g/mol. The predicted octanol–water partition coefficient (Wildman–Crippen LogP) is 5.28. The first kappa shape index (κ1) is 25.2. The minimum absolute atomic E-state index is 0.0295. The van der Waals surface area contributed by atoms with Crippen molar-refractivity contribution in [2.24, 2.45) is 0 Å². The van der Waals surface area contributed by atoms with E-state index >= 15 is 0 Å². The highest BCUT2D eigenvalue weighted by molar-refractivity contribution is 5.70. The number of carbonyl (C=O) groups is 1. The Hall–Kier alpha value is -3.04. The van der Waals surface area contributed by atoms with Gasteiger partial charge in [-0.15, -0.1) is 0 Å². The summed E-state index contributed by atoms with van der Waals surface area (Å²) in [5.74, 6) is 0.963. The lowest BCUT2D eigenvalue weighted by atomic mass is 10.1. The van der Waals surface area contributed by atoms with Crippen molar-refractivity contribution in [3.05, 3.63) is 46.4 Å². The van der Waals surface area contributed by atoms with Gasteiger partial charge < -0.3 is 15.8 Å². The van der Waals surface area contributed by atoms with E-state index in [1.54, 1.807) is 27.7 Å². The number of alkyl halides is 3. The van der Waals surface area contributed by atoms with Crippen LogP contribution in [0.1, 0.15) is 62.8 Å². The number of aromatic nitrogens is 2. The lowest BCUT2D eigenvalue weighted by molar-refractivity contribution is -0.137. The van der Waals surface area contributed by atoms with E-state index in [1.807, 2.05) is 13.8 Å². The van der Waals surface area contributed by atoms with Gasteiger partial charge in [-0.3, -0.25) is 4.90 Å². The number of aryl methyl sites for hydroxylation is 1. The number of nitrogens with zero attached hydrogens (tertiary/aromatic N) is 3. The smallest absolute Gasteiger partial charge is 0.416 e. The zero-order valence-electron chi connectivity index (χ0n) is 19.2. The molecule has 1 aliphatic heterocycles. The normalized spacial score (nSPS) is 13.2. The summed E-state index contributed by atoms with van der Waals surface area (Å²) < 4.78 is 44.5. The number of nitrogens with two attached hydrogens (primary N) is 1. The van der Waals surface area contributed by atoms with Crippen LogP contribution in [-0.2, 0) is 30.5 Å². The van der Waals surface area contributed by atoms with Crippen molar-refractivity contribution in [3.63, 3.8) is 0 Å². The van der Waals surface area contributed by atoms with E-state index in [0.29, 0.717) is 28.5 Å². The molecule has 1 aliphatic rings. The van der Waals surface area contributed by atoms with Gasteiger partial charge >= 0.3 is 12.3 Å². The Kier molecular flexibility index (Phi) is 7.58. The Bertz CT molecular complexity index is 971. The largest absolute Gasteiger partial charge is 0.444 e. The summed E-state index contributed by atoms with van der Waals surface area (Å²) in [5.41, 5.74) is 5.99. The number of amides is 1. The van der Waals surface area contributed by atoms with Crippen LogP contribution in [0.3, 0.4) is 0 Å². The summed E-state index contributed by atoms with van der Waals surface area (Å²) >= 11 is 0. The molecule has 10 heteroatoms. The molecule has 1 aromatic carbocycles. The second kappa shape index (κ2) is 9.62. The number of halogens is 3. The quantitative estimate of drug-likeness (QED) is 0.615. The Morgan fingerprint density at radius 3 is 2.41 bits per heavy atom. The molecule has 0 fully saturated rings. The molecule has 32 heavy (non-hydrogen) atoms. The highest BCUT2D eigenvalue weighted by atomic mass is 19.4. The van der Waals surface area contributed by atoms with Crippen molar-refractivity contribution in [1.82, 2.24) is 14.9 Å². The number of hydrogen-bond donors (Lipinski definition) is 2. The third-order valence-corrected chi connectivity index (χ3v) is 4.35. The number of anilines is 2. The first-order valence-corrected chi connectivity index (χ1v) is 10.4. The number of hydrogen-bond acceptors (Lipinski definition) is 6. The van der Waals surface area contributed by atoms with E-state index in [2.05, 4.69) is 15.3 Å². The summed E-state index contributed by atoms with van der Waals surface area (Å²) in [6, 6.07) is 3.42. The highest BCUT2D eigenvalue weighted by Gasteiger charge is 2.32. The minimum Gasteiger partial charge on any atom is -0.444 e. The molecule has 3 rings (SSSR count). The summed E-state index contributed by atoms with van der Waals surface area (Å²) in [6.45, 7) is 11.7. The van der Waals surface area contributed by atoms with Gasteiger partial charge in [0.25, 0.3) is 0 Å². The van der Waals surface area contributed by atoms with Gasteiger partial charge in [-0.1, -0.05) is 13.8 Å². The van der Waals surface area contributed by atoms with Crippen LogP contribution < -0.4 is 11.1 Å². The average Bonchev–Trinajstić information content (AvgIpc) is 3.09. The molecule has 0 unspecified atom stereocenters. The highest BCUT2D eigenvalue weighted by Crippen LogP contribution is 2.32. The lowest BCUT2D eigenvalue weighted by Gasteiger charge is -2.24. The van der Waals surface area contributed by atoms with Gasteiger partial charge in [-0.25, -0.2) is 14.8 Å². The van der Waals surface area contributed by atoms with Crippen molar-refractivity contribution in [2.75, 3.05) is 11.1 Å². The Morgan fingerprint density at radius 1 is 1.16 bits per heavy atom. The second-order valence-corrected chi connectivity index (χ2v) is 8.20. The van der Waals surface area contributed by atoms with E-state index in [-0.39, 0.29) is 25.3 Å². The number of rotatable bonds is 3. The van der Waals surface area contributed by atoms with Crippen molar-refractivity contribution in [1.29, 1.82) is 0 Å². The topological polar surface area (TPSA) is 93.4 Å². The molecule has 7 nitrogen and oxygen atoms in total. The zero-order valence-corrected chi connectivity index (χ0v) is 19.2. The van der Waals surface area contributed by atoms with Crippen molar-refractivity contribution < 1.29 is 22.7 Å². The van der Waals surface area contributed by atoms with E-state index in [9.17, 15) is 18.0 Å². The molecule has 3 N–H and O–H groups in total. The van der Waals surface area contributed by atoms with Crippen LogP contribution in [0.15, 0.2) is 18.2 Å². The number of fused-ring (bicyclic) bond motifs is 1. The summed E-state index contributed by atoms with van der Waals surface area (Å²) in [7, 11) is 0. The number of ether oxygens (including phenoxy) is 1. The first-order chi connectivity index (χ1) is 14.8. The molecule has 0 bridgehead atoms. The maximum Gasteiger partial charge on any atom is 0.416 e. The number of nitrogens with one attached hydrogen (secondary N) is 1. The Balaban J connectivity index is 0.00000176. The van der Waals surface area contributed by atoms with Crippen LogP contribution >= 0.6 is 0 Å². The van der Waals surface area contributed by atoms with Crippen LogP contribution in [0, 0.1) is 6.92 Å². The van der Waals surface area contributed by atoms with Crippen LogP contribution in [0.5, 0.6) is 0 Å². The fourth-order valence-electron chi connectivity index (χ4n) is 3.15. The lowest BCUT2D eigenvalue weighted by Crippen LogP contribution is -2.33. The standard InChI is InChI=1S/C20H24F3N5O2.C2H6/c1-11-26-16-10-28(18(29)30-19(2,3)4)9-15(16)17(27-11)25-8-12-5-13(20(21,22)23)7-14(24)6-12;1-2/h5-7H,8-10,24H2,1-4H3,(H,25,26,27);1-2H3. The SMILES string of the molecule is CC.Cc1nc2c(c(NCc3cc(N)cc(C(F)(F)F)c3)n1)CN(C(=O)OC(C)(C)C)C2. The molecule has 0 saturated carbocycles. The van der Waals surface area contributed by atoms with Gasteiger partial charge in [0, 0.05) is 17.8 Å². The van der Waals surface area contributed by atoms with E-state index in [0.717, 1.165) is 12.1 Å². The van der Waals surface area contributed by atoms with Crippen LogP contribution in [0.2, 0.25) is 0 Å². The summed E-state index contributed by atoms with van der Waals surface area (Å²) in [5, 5.41) is 3.06. The number of benzene rings is 1. The monoisotopic (exact) mass is 453 g/mol. The van der Waals surface area contributed by atoms with Gasteiger partial charge in [0.1, 0.15) is 17.2 Å². The molecule has 0 aliphatic carbocycles. The van der Waals surface area contributed by atoms with Gasteiger partial charge in [-0.05, 0) is 51.5 Å². The molecule has 176 valence electrons. The van der Waals surface area contributed by atoms with Crippen molar-refractivity contribution in [3.8, 4) is 0 Å². The summed E-state index contributed by atoms with van der Waals surface area (Å²) in [6.07, 6.45) is -4.94. The maximum atomic E-state index is 13.0. The van der Waals surface area contributed by atoms with E-state index in [1.165, 1.54) is 11.0 Å². The molecular formula is C22H30F3N5O2.